The Balaban J connectivity index is 1.72. The van der Waals surface area contributed by atoms with Crippen molar-refractivity contribution < 1.29 is 9.53 Å². The van der Waals surface area contributed by atoms with Crippen molar-refractivity contribution in [2.45, 2.75) is 33.0 Å². The van der Waals surface area contributed by atoms with Gasteiger partial charge in [-0.2, -0.15) is 0 Å². The smallest absolute Gasteiger partial charge is 0.258 e. The zero-order valence-corrected chi connectivity index (χ0v) is 14.9. The summed E-state index contributed by atoms with van der Waals surface area (Å²) in [4.78, 5) is 24.8. The monoisotopic (exact) mass is 350 g/mol. The minimum absolute atomic E-state index is 0.00808. The zero-order valence-electron chi connectivity index (χ0n) is 14.9. The summed E-state index contributed by atoms with van der Waals surface area (Å²) >= 11 is 0. The van der Waals surface area contributed by atoms with Gasteiger partial charge in [0, 0.05) is 18.1 Å². The summed E-state index contributed by atoms with van der Waals surface area (Å²) in [6.07, 6.45) is 1.72. The second-order valence-electron chi connectivity index (χ2n) is 6.43. The number of rotatable bonds is 6. The Bertz CT molecular complexity index is 962. The highest BCUT2D eigenvalue weighted by Crippen LogP contribution is 2.19. The van der Waals surface area contributed by atoms with E-state index in [4.69, 9.17) is 4.74 Å². The first-order valence-corrected chi connectivity index (χ1v) is 8.63. The van der Waals surface area contributed by atoms with Crippen LogP contribution in [-0.2, 0) is 17.9 Å². The van der Waals surface area contributed by atoms with Crippen molar-refractivity contribution in [3.63, 3.8) is 0 Å². The number of ether oxygens (including phenoxy) is 1. The number of amides is 1. The van der Waals surface area contributed by atoms with Crippen LogP contribution in [0.15, 0.2) is 65.6 Å². The van der Waals surface area contributed by atoms with E-state index in [-0.39, 0.29) is 24.1 Å². The zero-order chi connectivity index (χ0) is 18.5. The number of carbonyl (C=O) groups excluding carboxylic acids is 1. The molecule has 0 saturated heterocycles. The molecule has 0 aliphatic heterocycles. The fourth-order valence-corrected chi connectivity index (χ4v) is 2.74. The van der Waals surface area contributed by atoms with Gasteiger partial charge in [0.2, 0.25) is 5.91 Å². The molecule has 1 heterocycles. The van der Waals surface area contributed by atoms with E-state index < -0.39 is 0 Å². The number of nitrogens with zero attached hydrogens (tertiary/aromatic N) is 1. The van der Waals surface area contributed by atoms with Gasteiger partial charge < -0.3 is 14.6 Å². The predicted octanol–water partition coefficient (Wildman–Crippen LogP) is 3.11. The lowest BCUT2D eigenvalue weighted by molar-refractivity contribution is -0.121. The molecule has 2 aromatic carbocycles. The molecule has 1 N–H and O–H groups in total. The average molecular weight is 350 g/mol. The summed E-state index contributed by atoms with van der Waals surface area (Å²) in [6, 6.07) is 16.9. The number of fused-ring (bicyclic) bond motifs is 1. The Morgan fingerprint density at radius 2 is 1.88 bits per heavy atom. The van der Waals surface area contributed by atoms with E-state index in [0.717, 1.165) is 16.7 Å². The SMILES string of the molecule is CC(C)Oc1ccc2c(=O)n(CC(=O)NCc3ccccc3)ccc2c1. The van der Waals surface area contributed by atoms with Crippen LogP contribution >= 0.6 is 0 Å². The van der Waals surface area contributed by atoms with Crippen molar-refractivity contribution in [2.75, 3.05) is 0 Å². The van der Waals surface area contributed by atoms with E-state index >= 15 is 0 Å². The first kappa shape index (κ1) is 17.7. The second kappa shape index (κ2) is 7.87. The van der Waals surface area contributed by atoms with Crippen LogP contribution in [0.4, 0.5) is 0 Å². The average Bonchev–Trinajstić information content (AvgIpc) is 2.63. The number of carbonyl (C=O) groups is 1. The first-order chi connectivity index (χ1) is 12.5. The fraction of sp³-hybridized carbons (Fsp3) is 0.238. The van der Waals surface area contributed by atoms with Crippen LogP contribution in [0.3, 0.4) is 0 Å². The maximum absolute atomic E-state index is 12.6. The minimum atomic E-state index is -0.199. The molecule has 1 amide bonds. The molecule has 134 valence electrons. The lowest BCUT2D eigenvalue weighted by Crippen LogP contribution is -2.31. The molecule has 0 spiro atoms. The third-order valence-electron chi connectivity index (χ3n) is 3.97. The van der Waals surface area contributed by atoms with Crippen LogP contribution in [0.2, 0.25) is 0 Å². The van der Waals surface area contributed by atoms with Crippen molar-refractivity contribution >= 4 is 16.7 Å². The third kappa shape index (κ3) is 4.30. The van der Waals surface area contributed by atoms with Gasteiger partial charge in [0.25, 0.3) is 5.56 Å². The molecule has 5 heteroatoms. The van der Waals surface area contributed by atoms with Gasteiger partial charge in [-0.1, -0.05) is 30.3 Å². The van der Waals surface area contributed by atoms with Gasteiger partial charge in [-0.3, -0.25) is 9.59 Å². The standard InChI is InChI=1S/C21H22N2O3/c1-15(2)26-18-8-9-19-17(12-18)10-11-23(21(19)25)14-20(24)22-13-16-6-4-3-5-7-16/h3-12,15H,13-14H2,1-2H3,(H,22,24). The van der Waals surface area contributed by atoms with Crippen LogP contribution in [0, 0.1) is 0 Å². The molecule has 26 heavy (non-hydrogen) atoms. The molecule has 0 radical (unpaired) electrons. The summed E-state index contributed by atoms with van der Waals surface area (Å²) in [7, 11) is 0. The van der Waals surface area contributed by atoms with Gasteiger partial charge in [-0.05, 0) is 49.1 Å². The van der Waals surface area contributed by atoms with Gasteiger partial charge in [0.15, 0.2) is 0 Å². The molecule has 0 unspecified atom stereocenters. The number of hydrogen-bond donors (Lipinski definition) is 1. The molecule has 0 aliphatic rings. The molecule has 0 bridgehead atoms. The van der Waals surface area contributed by atoms with Gasteiger partial charge in [0.05, 0.1) is 6.10 Å². The fourth-order valence-electron chi connectivity index (χ4n) is 2.74. The Hall–Kier alpha value is -3.08. The summed E-state index contributed by atoms with van der Waals surface area (Å²) in [6.45, 7) is 4.34. The Kier molecular flexibility index (Phi) is 5.37. The highest BCUT2D eigenvalue weighted by molar-refractivity contribution is 5.83. The van der Waals surface area contributed by atoms with Crippen LogP contribution in [0.1, 0.15) is 19.4 Å². The van der Waals surface area contributed by atoms with Crippen LogP contribution in [0.5, 0.6) is 5.75 Å². The van der Waals surface area contributed by atoms with Crippen LogP contribution in [0.25, 0.3) is 10.8 Å². The number of pyridine rings is 1. The van der Waals surface area contributed by atoms with E-state index in [1.807, 2.05) is 56.3 Å². The van der Waals surface area contributed by atoms with Gasteiger partial charge >= 0.3 is 0 Å². The predicted molar refractivity (Wildman–Crippen MR) is 102 cm³/mol. The Morgan fingerprint density at radius 1 is 1.12 bits per heavy atom. The number of nitrogens with one attached hydrogen (secondary N) is 1. The van der Waals surface area contributed by atoms with Crippen LogP contribution < -0.4 is 15.6 Å². The largest absolute Gasteiger partial charge is 0.491 e. The van der Waals surface area contributed by atoms with Crippen molar-refractivity contribution in [1.82, 2.24) is 9.88 Å². The van der Waals surface area contributed by atoms with Crippen LogP contribution in [-0.4, -0.2) is 16.6 Å². The number of benzene rings is 2. The van der Waals surface area contributed by atoms with E-state index in [9.17, 15) is 9.59 Å². The van der Waals surface area contributed by atoms with Crippen molar-refractivity contribution in [1.29, 1.82) is 0 Å². The van der Waals surface area contributed by atoms with Gasteiger partial charge in [-0.25, -0.2) is 0 Å². The third-order valence-corrected chi connectivity index (χ3v) is 3.97. The minimum Gasteiger partial charge on any atom is -0.491 e. The maximum Gasteiger partial charge on any atom is 0.258 e. The van der Waals surface area contributed by atoms with Crippen molar-refractivity contribution in [3.05, 3.63) is 76.7 Å². The summed E-state index contributed by atoms with van der Waals surface area (Å²) in [5, 5.41) is 4.20. The first-order valence-electron chi connectivity index (χ1n) is 8.63. The highest BCUT2D eigenvalue weighted by atomic mass is 16.5. The molecular formula is C21H22N2O3. The Morgan fingerprint density at radius 3 is 2.62 bits per heavy atom. The van der Waals surface area contributed by atoms with E-state index in [1.165, 1.54) is 4.57 Å². The molecule has 5 nitrogen and oxygen atoms in total. The van der Waals surface area contributed by atoms with Crippen molar-refractivity contribution in [3.8, 4) is 5.75 Å². The van der Waals surface area contributed by atoms with Crippen molar-refractivity contribution in [2.24, 2.45) is 0 Å². The molecule has 3 rings (SSSR count). The molecule has 0 fully saturated rings. The summed E-state index contributed by atoms with van der Waals surface area (Å²) in [5.74, 6) is 0.528. The molecule has 0 aliphatic carbocycles. The molecule has 1 aromatic heterocycles. The van der Waals surface area contributed by atoms with Gasteiger partial charge in [0.1, 0.15) is 12.3 Å². The quantitative estimate of drug-likeness (QED) is 0.743. The lowest BCUT2D eigenvalue weighted by Gasteiger charge is -2.11. The molecule has 3 aromatic rings. The molecule has 0 atom stereocenters. The summed E-state index contributed by atoms with van der Waals surface area (Å²) in [5.41, 5.74) is 0.831. The maximum atomic E-state index is 12.6. The molecule has 0 saturated carbocycles. The Labute approximate surface area is 152 Å². The molecular weight excluding hydrogens is 328 g/mol. The van der Waals surface area contributed by atoms with E-state index in [0.29, 0.717) is 11.9 Å². The van der Waals surface area contributed by atoms with E-state index in [2.05, 4.69) is 5.32 Å². The van der Waals surface area contributed by atoms with E-state index in [1.54, 1.807) is 18.3 Å². The summed E-state index contributed by atoms with van der Waals surface area (Å²) < 4.78 is 7.08. The lowest BCUT2D eigenvalue weighted by atomic mass is 10.1. The number of aromatic nitrogens is 1. The highest BCUT2D eigenvalue weighted by Gasteiger charge is 2.08. The van der Waals surface area contributed by atoms with Gasteiger partial charge in [-0.15, -0.1) is 0 Å². The normalized spacial score (nSPS) is 10.9. The second-order valence-corrected chi connectivity index (χ2v) is 6.43. The topological polar surface area (TPSA) is 60.3 Å². The number of hydrogen-bond acceptors (Lipinski definition) is 3.